The van der Waals surface area contributed by atoms with Crippen molar-refractivity contribution < 1.29 is 14.3 Å². The van der Waals surface area contributed by atoms with Gasteiger partial charge in [-0.25, -0.2) is 4.79 Å². The van der Waals surface area contributed by atoms with Gasteiger partial charge in [0.1, 0.15) is 0 Å². The second-order valence-corrected chi connectivity index (χ2v) is 7.66. The number of hydrogen-bond acceptors (Lipinski definition) is 3. The molecule has 0 aliphatic carbocycles. The van der Waals surface area contributed by atoms with Crippen molar-refractivity contribution in [3.63, 3.8) is 0 Å². The van der Waals surface area contributed by atoms with Crippen molar-refractivity contribution >= 4 is 5.97 Å². The number of rotatable bonds is 17. The predicted molar refractivity (Wildman–Crippen MR) is 105 cm³/mol. The zero-order valence-corrected chi connectivity index (χ0v) is 17.0. The Labute approximate surface area is 156 Å². The first kappa shape index (κ1) is 22.5. The van der Waals surface area contributed by atoms with Crippen LogP contribution in [0, 0.1) is 0 Å². The van der Waals surface area contributed by atoms with E-state index in [1.807, 2.05) is 6.92 Å². The summed E-state index contributed by atoms with van der Waals surface area (Å²) >= 11 is 0. The number of carbonyl (C=O) groups excluding carboxylic acids is 1. The zero-order chi connectivity index (χ0) is 18.2. The van der Waals surface area contributed by atoms with Crippen LogP contribution in [0.5, 0.6) is 0 Å². The van der Waals surface area contributed by atoms with Crippen LogP contribution in [0.3, 0.4) is 0 Å². The zero-order valence-electron chi connectivity index (χ0n) is 17.0. The summed E-state index contributed by atoms with van der Waals surface area (Å²) < 4.78 is 10.7. The molecule has 0 amide bonds. The van der Waals surface area contributed by atoms with E-state index in [4.69, 9.17) is 9.47 Å². The molecule has 1 aliphatic rings. The average molecular weight is 355 g/mol. The lowest BCUT2D eigenvalue weighted by Crippen LogP contribution is -2.51. The Balaban J connectivity index is 1.85. The van der Waals surface area contributed by atoms with Gasteiger partial charge in [0.2, 0.25) is 0 Å². The molecule has 0 saturated carbocycles. The lowest BCUT2D eigenvalue weighted by Gasteiger charge is -2.39. The van der Waals surface area contributed by atoms with Crippen molar-refractivity contribution in [2.24, 2.45) is 0 Å². The third-order valence-corrected chi connectivity index (χ3v) is 5.47. The van der Waals surface area contributed by atoms with E-state index < -0.39 is 5.60 Å². The molecule has 1 rings (SSSR count). The fourth-order valence-corrected chi connectivity index (χ4v) is 3.68. The smallest absolute Gasteiger partial charge is 0.338 e. The van der Waals surface area contributed by atoms with Crippen molar-refractivity contribution in [1.82, 2.24) is 0 Å². The molecule has 3 heteroatoms. The Hall–Kier alpha value is -0.570. The third kappa shape index (κ3) is 9.63. The van der Waals surface area contributed by atoms with Crippen LogP contribution in [0.2, 0.25) is 0 Å². The molecule has 0 radical (unpaired) electrons. The van der Waals surface area contributed by atoms with Gasteiger partial charge in [0.05, 0.1) is 13.2 Å². The third-order valence-electron chi connectivity index (χ3n) is 5.47. The first-order chi connectivity index (χ1) is 12.2. The van der Waals surface area contributed by atoms with Gasteiger partial charge in [0, 0.05) is 6.42 Å². The topological polar surface area (TPSA) is 35.5 Å². The largest absolute Gasteiger partial charge is 0.464 e. The summed E-state index contributed by atoms with van der Waals surface area (Å²) in [4.78, 5) is 12.0. The minimum atomic E-state index is -0.590. The molecule has 1 saturated heterocycles. The highest BCUT2D eigenvalue weighted by Crippen LogP contribution is 2.33. The van der Waals surface area contributed by atoms with E-state index in [1.54, 1.807) is 0 Å². The quantitative estimate of drug-likeness (QED) is 0.218. The monoisotopic (exact) mass is 354 g/mol. The maximum Gasteiger partial charge on any atom is 0.338 e. The SMILES string of the molecule is CCCCCCCCCCCCCCCCC1(C(=O)OCC)CCO1. The first-order valence-electron chi connectivity index (χ1n) is 11.1. The van der Waals surface area contributed by atoms with Crippen molar-refractivity contribution in [2.45, 2.75) is 122 Å². The highest BCUT2D eigenvalue weighted by Gasteiger charge is 2.46. The highest BCUT2D eigenvalue weighted by molar-refractivity contribution is 5.80. The maximum absolute atomic E-state index is 12.0. The standard InChI is InChI=1S/C22H42O3/c1-3-5-6-7-8-9-10-11-12-13-14-15-16-17-18-22(19-20-25-22)21(23)24-4-2/h3-20H2,1-2H3. The Morgan fingerprint density at radius 1 is 0.800 bits per heavy atom. The van der Waals surface area contributed by atoms with Gasteiger partial charge in [-0.05, 0) is 19.8 Å². The van der Waals surface area contributed by atoms with Gasteiger partial charge in [-0.15, -0.1) is 0 Å². The normalized spacial score (nSPS) is 19.6. The summed E-state index contributed by atoms with van der Waals surface area (Å²) in [6.45, 7) is 5.29. The van der Waals surface area contributed by atoms with Gasteiger partial charge >= 0.3 is 5.97 Å². The number of ether oxygens (including phenoxy) is 2. The molecule has 0 spiro atoms. The van der Waals surface area contributed by atoms with E-state index in [0.717, 1.165) is 19.3 Å². The first-order valence-corrected chi connectivity index (χ1v) is 11.1. The van der Waals surface area contributed by atoms with Crippen LogP contribution in [0.15, 0.2) is 0 Å². The van der Waals surface area contributed by atoms with Crippen LogP contribution in [-0.4, -0.2) is 24.8 Å². The molecule has 1 fully saturated rings. The van der Waals surface area contributed by atoms with E-state index in [9.17, 15) is 4.79 Å². The van der Waals surface area contributed by atoms with Crippen LogP contribution in [0.4, 0.5) is 0 Å². The van der Waals surface area contributed by atoms with Crippen molar-refractivity contribution in [2.75, 3.05) is 13.2 Å². The Morgan fingerprint density at radius 2 is 1.24 bits per heavy atom. The number of esters is 1. The molecule has 3 nitrogen and oxygen atoms in total. The fourth-order valence-electron chi connectivity index (χ4n) is 3.68. The van der Waals surface area contributed by atoms with Crippen molar-refractivity contribution in [3.8, 4) is 0 Å². The number of unbranched alkanes of at least 4 members (excludes halogenated alkanes) is 13. The van der Waals surface area contributed by atoms with Crippen LogP contribution in [-0.2, 0) is 14.3 Å². The van der Waals surface area contributed by atoms with Crippen LogP contribution < -0.4 is 0 Å². The summed E-state index contributed by atoms with van der Waals surface area (Å²) in [6, 6.07) is 0. The van der Waals surface area contributed by atoms with Gasteiger partial charge in [0.25, 0.3) is 0 Å². The maximum atomic E-state index is 12.0. The van der Waals surface area contributed by atoms with Crippen molar-refractivity contribution in [1.29, 1.82) is 0 Å². The number of hydrogen-bond donors (Lipinski definition) is 0. The predicted octanol–water partition coefficient (Wildman–Crippen LogP) is 6.58. The molecule has 0 aromatic carbocycles. The summed E-state index contributed by atoms with van der Waals surface area (Å²) in [5.74, 6) is -0.143. The van der Waals surface area contributed by atoms with E-state index >= 15 is 0 Å². The van der Waals surface area contributed by atoms with E-state index in [-0.39, 0.29) is 5.97 Å². The van der Waals surface area contributed by atoms with Crippen LogP contribution >= 0.6 is 0 Å². The van der Waals surface area contributed by atoms with Gasteiger partial charge in [-0.2, -0.15) is 0 Å². The molecule has 0 bridgehead atoms. The number of carbonyl (C=O) groups is 1. The minimum absolute atomic E-state index is 0.143. The molecular weight excluding hydrogens is 312 g/mol. The molecule has 0 aromatic heterocycles. The van der Waals surface area contributed by atoms with Gasteiger partial charge < -0.3 is 9.47 Å². The Bertz CT molecular complexity index is 323. The lowest BCUT2D eigenvalue weighted by molar-refractivity contribution is -0.201. The van der Waals surface area contributed by atoms with E-state index in [0.29, 0.717) is 13.2 Å². The molecule has 148 valence electrons. The molecule has 0 N–H and O–H groups in total. The summed E-state index contributed by atoms with van der Waals surface area (Å²) in [5, 5.41) is 0. The lowest BCUT2D eigenvalue weighted by atomic mass is 9.88. The van der Waals surface area contributed by atoms with E-state index in [1.165, 1.54) is 83.5 Å². The molecule has 1 unspecified atom stereocenters. The van der Waals surface area contributed by atoms with Crippen molar-refractivity contribution in [3.05, 3.63) is 0 Å². The second-order valence-electron chi connectivity index (χ2n) is 7.66. The summed E-state index contributed by atoms with van der Waals surface area (Å²) in [5.41, 5.74) is -0.590. The second kappa shape index (κ2) is 14.6. The molecule has 1 atom stereocenters. The molecule has 25 heavy (non-hydrogen) atoms. The summed E-state index contributed by atoms with van der Waals surface area (Å²) in [7, 11) is 0. The van der Waals surface area contributed by atoms with E-state index in [2.05, 4.69) is 6.92 Å². The Kier molecular flexibility index (Phi) is 13.1. The molecule has 0 aromatic rings. The fraction of sp³-hybridized carbons (Fsp3) is 0.955. The van der Waals surface area contributed by atoms with Crippen LogP contribution in [0.25, 0.3) is 0 Å². The van der Waals surface area contributed by atoms with Gasteiger partial charge in [-0.1, -0.05) is 90.4 Å². The minimum Gasteiger partial charge on any atom is -0.464 e. The van der Waals surface area contributed by atoms with Gasteiger partial charge in [0.15, 0.2) is 5.60 Å². The average Bonchev–Trinajstić information content (AvgIpc) is 2.57. The molecular formula is C22H42O3. The summed E-state index contributed by atoms with van der Waals surface area (Å²) in [6.07, 6.45) is 20.7. The highest BCUT2D eigenvalue weighted by atomic mass is 16.6. The Morgan fingerprint density at radius 3 is 1.60 bits per heavy atom. The van der Waals surface area contributed by atoms with Gasteiger partial charge in [-0.3, -0.25) is 0 Å². The molecule has 1 aliphatic heterocycles. The van der Waals surface area contributed by atoms with Crippen LogP contribution in [0.1, 0.15) is 117 Å². The molecule has 1 heterocycles.